The smallest absolute Gasteiger partial charge is 0.225 e. The summed E-state index contributed by atoms with van der Waals surface area (Å²) in [6, 6.07) is 4.73. The Morgan fingerprint density at radius 2 is 1.92 bits per heavy atom. The number of carbonyl (C=O) groups is 1. The first kappa shape index (κ1) is 25.3. The second-order valence-corrected chi connectivity index (χ2v) is 11.3. The number of aryl methyl sites for hydroxylation is 2. The van der Waals surface area contributed by atoms with Crippen molar-refractivity contribution in [2.45, 2.75) is 96.8 Å². The number of imidazole rings is 1. The van der Waals surface area contributed by atoms with Crippen molar-refractivity contribution in [2.24, 2.45) is 5.92 Å². The fraction of sp³-hybridized carbons (Fsp3) is 0.655. The summed E-state index contributed by atoms with van der Waals surface area (Å²) in [7, 11) is 0. The predicted molar refractivity (Wildman–Crippen MR) is 147 cm³/mol. The molecule has 3 aromatic heterocycles. The number of hydrogen-bond acceptors (Lipinski definition) is 7. The van der Waals surface area contributed by atoms with Crippen molar-refractivity contribution in [3.8, 4) is 0 Å². The summed E-state index contributed by atoms with van der Waals surface area (Å²) in [5.41, 5.74) is 1.81. The fourth-order valence-electron chi connectivity index (χ4n) is 6.59. The van der Waals surface area contributed by atoms with Gasteiger partial charge in [-0.2, -0.15) is 0 Å². The molecule has 2 fully saturated rings. The van der Waals surface area contributed by atoms with Gasteiger partial charge in [0.15, 0.2) is 17.0 Å². The van der Waals surface area contributed by atoms with E-state index in [9.17, 15) is 4.79 Å². The van der Waals surface area contributed by atoms with Crippen LogP contribution in [-0.4, -0.2) is 56.0 Å². The quantitative estimate of drug-likeness (QED) is 0.493. The van der Waals surface area contributed by atoms with E-state index < -0.39 is 0 Å². The van der Waals surface area contributed by atoms with E-state index in [-0.39, 0.29) is 11.8 Å². The maximum atomic E-state index is 13.2. The highest BCUT2D eigenvalue weighted by atomic mass is 16.3. The van der Waals surface area contributed by atoms with E-state index in [0.717, 1.165) is 79.8 Å². The van der Waals surface area contributed by atoms with Gasteiger partial charge >= 0.3 is 0 Å². The maximum absolute atomic E-state index is 13.2. The Hall–Kier alpha value is -2.94. The van der Waals surface area contributed by atoms with Crippen LogP contribution in [0, 0.1) is 5.92 Å². The zero-order valence-electron chi connectivity index (χ0n) is 22.7. The van der Waals surface area contributed by atoms with Gasteiger partial charge in [-0.05, 0) is 63.6 Å². The highest BCUT2D eigenvalue weighted by Gasteiger charge is 2.29. The molecule has 9 nitrogen and oxygen atoms in total. The molecule has 3 aromatic rings. The zero-order chi connectivity index (χ0) is 25.9. The van der Waals surface area contributed by atoms with Crippen molar-refractivity contribution < 1.29 is 9.21 Å². The van der Waals surface area contributed by atoms with Crippen molar-refractivity contribution in [2.75, 3.05) is 24.5 Å². The molecular weight excluding hydrogens is 478 g/mol. The normalized spacial score (nSPS) is 22.8. The van der Waals surface area contributed by atoms with E-state index in [0.29, 0.717) is 19.1 Å². The zero-order valence-corrected chi connectivity index (χ0v) is 22.7. The molecule has 0 radical (unpaired) electrons. The Labute approximate surface area is 225 Å². The molecule has 204 valence electrons. The number of carbonyl (C=O) groups excluding carboxylic acids is 1. The third kappa shape index (κ3) is 5.30. The van der Waals surface area contributed by atoms with Gasteiger partial charge in [0, 0.05) is 32.1 Å². The van der Waals surface area contributed by atoms with Crippen LogP contribution in [-0.2, 0) is 30.8 Å². The van der Waals surface area contributed by atoms with Gasteiger partial charge in [0.2, 0.25) is 5.91 Å². The first-order valence-electron chi connectivity index (χ1n) is 14.7. The van der Waals surface area contributed by atoms with Crippen LogP contribution in [0.25, 0.3) is 11.2 Å². The SMILES string of the molecule is CC[C@H]1CCCCN1Cc1ccc(CNC(=O)[C@@H]2CCCN(c3ncnc4c3nc3n4CCCCC3)C2)o1. The van der Waals surface area contributed by atoms with Crippen LogP contribution >= 0.6 is 0 Å². The second-order valence-electron chi connectivity index (χ2n) is 11.3. The second kappa shape index (κ2) is 11.4. The summed E-state index contributed by atoms with van der Waals surface area (Å²) in [4.78, 5) is 32.1. The Kier molecular flexibility index (Phi) is 7.63. The molecule has 2 saturated heterocycles. The molecule has 1 amide bonds. The number of fused-ring (bicyclic) bond motifs is 3. The molecule has 9 heteroatoms. The highest BCUT2D eigenvalue weighted by Crippen LogP contribution is 2.29. The Morgan fingerprint density at radius 1 is 1.03 bits per heavy atom. The number of amides is 1. The lowest BCUT2D eigenvalue weighted by molar-refractivity contribution is -0.125. The maximum Gasteiger partial charge on any atom is 0.225 e. The molecule has 0 spiro atoms. The topological polar surface area (TPSA) is 92.3 Å². The lowest BCUT2D eigenvalue weighted by atomic mass is 9.97. The number of hydrogen-bond donors (Lipinski definition) is 1. The number of likely N-dealkylation sites (tertiary alicyclic amines) is 1. The molecule has 0 unspecified atom stereocenters. The van der Waals surface area contributed by atoms with Crippen molar-refractivity contribution >= 4 is 22.9 Å². The van der Waals surface area contributed by atoms with Gasteiger partial charge in [-0.3, -0.25) is 9.69 Å². The van der Waals surface area contributed by atoms with E-state index in [1.807, 2.05) is 6.07 Å². The van der Waals surface area contributed by atoms with Crippen LogP contribution in [0.4, 0.5) is 5.82 Å². The summed E-state index contributed by atoms with van der Waals surface area (Å²) in [6.07, 6.45) is 13.1. The van der Waals surface area contributed by atoms with Crippen LogP contribution in [0.15, 0.2) is 22.9 Å². The molecule has 0 bridgehead atoms. The van der Waals surface area contributed by atoms with Crippen molar-refractivity contribution in [3.05, 3.63) is 35.8 Å². The van der Waals surface area contributed by atoms with Crippen molar-refractivity contribution in [1.29, 1.82) is 0 Å². The van der Waals surface area contributed by atoms with Crippen LogP contribution in [0.1, 0.15) is 82.1 Å². The molecular formula is C29H41N7O2. The molecule has 3 aliphatic heterocycles. The lowest BCUT2D eigenvalue weighted by Gasteiger charge is -2.34. The average molecular weight is 520 g/mol. The van der Waals surface area contributed by atoms with Gasteiger partial charge in [-0.15, -0.1) is 0 Å². The molecule has 3 aliphatic rings. The molecule has 0 aromatic carbocycles. The summed E-state index contributed by atoms with van der Waals surface area (Å²) >= 11 is 0. The lowest BCUT2D eigenvalue weighted by Crippen LogP contribution is -2.43. The van der Waals surface area contributed by atoms with Gasteiger partial charge in [-0.25, -0.2) is 15.0 Å². The molecule has 6 rings (SSSR count). The molecule has 38 heavy (non-hydrogen) atoms. The minimum absolute atomic E-state index is 0.0812. The molecule has 2 atom stereocenters. The number of anilines is 1. The number of aromatic nitrogens is 4. The molecule has 0 aliphatic carbocycles. The molecule has 0 saturated carbocycles. The first-order valence-corrected chi connectivity index (χ1v) is 14.7. The number of nitrogens with zero attached hydrogens (tertiary/aromatic N) is 6. The van der Waals surface area contributed by atoms with Gasteiger partial charge in [0.25, 0.3) is 0 Å². The summed E-state index contributed by atoms with van der Waals surface area (Å²) in [5.74, 6) is 3.80. The summed E-state index contributed by atoms with van der Waals surface area (Å²) in [6.45, 7) is 7.21. The highest BCUT2D eigenvalue weighted by molar-refractivity contribution is 5.85. The van der Waals surface area contributed by atoms with E-state index in [4.69, 9.17) is 9.40 Å². The van der Waals surface area contributed by atoms with Gasteiger partial charge in [-0.1, -0.05) is 19.8 Å². The van der Waals surface area contributed by atoms with E-state index in [2.05, 4.69) is 42.6 Å². The third-order valence-corrected chi connectivity index (χ3v) is 8.70. The van der Waals surface area contributed by atoms with Gasteiger partial charge in [0.05, 0.1) is 19.0 Å². The minimum Gasteiger partial charge on any atom is -0.463 e. The predicted octanol–water partition coefficient (Wildman–Crippen LogP) is 4.44. The first-order chi connectivity index (χ1) is 18.7. The van der Waals surface area contributed by atoms with Crippen molar-refractivity contribution in [1.82, 2.24) is 29.7 Å². The Bertz CT molecular complexity index is 1250. The number of rotatable bonds is 7. The Balaban J connectivity index is 1.07. The summed E-state index contributed by atoms with van der Waals surface area (Å²) in [5, 5.41) is 3.14. The largest absolute Gasteiger partial charge is 0.463 e. The molecule has 6 heterocycles. The summed E-state index contributed by atoms with van der Waals surface area (Å²) < 4.78 is 8.38. The number of furan rings is 1. The van der Waals surface area contributed by atoms with Crippen LogP contribution < -0.4 is 10.2 Å². The minimum atomic E-state index is -0.0812. The average Bonchev–Trinajstić information content (AvgIpc) is 3.48. The van der Waals surface area contributed by atoms with E-state index in [1.54, 1.807) is 6.33 Å². The van der Waals surface area contributed by atoms with Gasteiger partial charge in [0.1, 0.15) is 23.7 Å². The van der Waals surface area contributed by atoms with E-state index >= 15 is 0 Å². The van der Waals surface area contributed by atoms with Crippen LogP contribution in [0.2, 0.25) is 0 Å². The van der Waals surface area contributed by atoms with Crippen LogP contribution in [0.3, 0.4) is 0 Å². The number of nitrogens with one attached hydrogen (secondary N) is 1. The van der Waals surface area contributed by atoms with Crippen molar-refractivity contribution in [3.63, 3.8) is 0 Å². The standard InChI is InChI=1S/C29H41N7O2/c1-2-22-10-5-7-14-34(22)19-24-13-12-23(38-24)17-30-29(37)21-9-8-15-35(18-21)27-26-28(32-20-31-27)36-16-6-3-4-11-25(36)33-26/h12-13,20-22H,2-11,14-19H2,1H3,(H,30,37)/t21-,22+/m1/s1. The molecule has 1 N–H and O–H groups in total. The van der Waals surface area contributed by atoms with E-state index in [1.165, 1.54) is 44.9 Å². The Morgan fingerprint density at radius 3 is 2.84 bits per heavy atom. The third-order valence-electron chi connectivity index (χ3n) is 8.70. The fourth-order valence-corrected chi connectivity index (χ4v) is 6.59. The van der Waals surface area contributed by atoms with Crippen LogP contribution in [0.5, 0.6) is 0 Å². The monoisotopic (exact) mass is 519 g/mol. The number of piperidine rings is 2. The van der Waals surface area contributed by atoms with Gasteiger partial charge < -0.3 is 19.2 Å².